The van der Waals surface area contributed by atoms with Crippen molar-refractivity contribution in [2.75, 3.05) is 14.2 Å². The Morgan fingerprint density at radius 2 is 2.00 bits per heavy atom. The highest BCUT2D eigenvalue weighted by atomic mass is 35.5. The van der Waals surface area contributed by atoms with Gasteiger partial charge in [0.05, 0.1) is 19.1 Å². The van der Waals surface area contributed by atoms with E-state index < -0.39 is 16.4 Å². The number of methoxy groups -OCH3 is 2. The molecule has 92 valence electrons. The van der Waals surface area contributed by atoms with Gasteiger partial charge in [0.15, 0.2) is 22.3 Å². The maximum Gasteiger partial charge on any atom is 0.302 e. The van der Waals surface area contributed by atoms with Crippen LogP contribution >= 0.6 is 11.6 Å². The van der Waals surface area contributed by atoms with Crippen LogP contribution < -0.4 is 9.47 Å². The van der Waals surface area contributed by atoms with Crippen molar-refractivity contribution in [1.82, 2.24) is 0 Å². The Bertz CT molecular complexity index is 486. The zero-order valence-electron chi connectivity index (χ0n) is 9.44. The van der Waals surface area contributed by atoms with Gasteiger partial charge in [-0.3, -0.25) is 14.9 Å². The maximum atomic E-state index is 11.3. The first-order chi connectivity index (χ1) is 7.93. The third-order valence-corrected chi connectivity index (χ3v) is 2.50. The predicted octanol–water partition coefficient (Wildman–Crippen LogP) is 2.47. The van der Waals surface area contributed by atoms with Crippen LogP contribution in [0.1, 0.15) is 17.3 Å². The van der Waals surface area contributed by atoms with Crippen LogP contribution in [0.2, 0.25) is 5.02 Å². The Morgan fingerprint density at radius 1 is 1.41 bits per heavy atom. The molecule has 7 heteroatoms. The Kier molecular flexibility index (Phi) is 3.90. The number of ether oxygens (including phenoxy) is 2. The van der Waals surface area contributed by atoms with E-state index in [2.05, 4.69) is 0 Å². The van der Waals surface area contributed by atoms with E-state index in [0.29, 0.717) is 0 Å². The van der Waals surface area contributed by atoms with Gasteiger partial charge >= 0.3 is 5.69 Å². The van der Waals surface area contributed by atoms with Gasteiger partial charge in [0.25, 0.3) is 0 Å². The highest BCUT2D eigenvalue weighted by Gasteiger charge is 2.28. The van der Waals surface area contributed by atoms with Gasteiger partial charge in [-0.2, -0.15) is 0 Å². The summed E-state index contributed by atoms with van der Waals surface area (Å²) >= 11 is 5.84. The summed E-state index contributed by atoms with van der Waals surface area (Å²) in [5.74, 6) is -0.265. The topological polar surface area (TPSA) is 78.7 Å². The van der Waals surface area contributed by atoms with Crippen LogP contribution in [0.4, 0.5) is 5.69 Å². The third-order valence-electron chi connectivity index (χ3n) is 2.15. The van der Waals surface area contributed by atoms with Crippen molar-refractivity contribution in [3.05, 3.63) is 26.8 Å². The fourth-order valence-corrected chi connectivity index (χ4v) is 1.73. The molecular weight excluding hydrogens is 250 g/mol. The summed E-state index contributed by atoms with van der Waals surface area (Å²) in [6.45, 7) is 1.21. The molecule has 0 saturated carbocycles. The van der Waals surface area contributed by atoms with Crippen LogP contribution in [0, 0.1) is 10.1 Å². The molecule has 0 radical (unpaired) electrons. The molecule has 0 N–H and O–H groups in total. The van der Waals surface area contributed by atoms with E-state index >= 15 is 0 Å². The van der Waals surface area contributed by atoms with Gasteiger partial charge in [-0.15, -0.1) is 0 Å². The molecule has 0 bridgehead atoms. The molecule has 0 fully saturated rings. The monoisotopic (exact) mass is 259 g/mol. The van der Waals surface area contributed by atoms with Gasteiger partial charge < -0.3 is 9.47 Å². The van der Waals surface area contributed by atoms with Gasteiger partial charge in [-0.05, 0) is 6.92 Å². The zero-order chi connectivity index (χ0) is 13.2. The molecule has 0 unspecified atom stereocenters. The number of nitro groups is 1. The van der Waals surface area contributed by atoms with E-state index in [1.807, 2.05) is 0 Å². The van der Waals surface area contributed by atoms with Crippen LogP contribution in [-0.4, -0.2) is 24.9 Å². The van der Waals surface area contributed by atoms with E-state index in [9.17, 15) is 14.9 Å². The zero-order valence-corrected chi connectivity index (χ0v) is 10.2. The molecule has 0 aliphatic rings. The Morgan fingerprint density at radius 3 is 2.35 bits per heavy atom. The molecule has 0 atom stereocenters. The van der Waals surface area contributed by atoms with E-state index in [1.54, 1.807) is 0 Å². The summed E-state index contributed by atoms with van der Waals surface area (Å²) < 4.78 is 9.88. The largest absolute Gasteiger partial charge is 0.493 e. The molecule has 0 saturated heterocycles. The SMILES string of the molecule is COc1cc(C(C)=O)c([N+](=O)[O-])c(Cl)c1OC. The first kappa shape index (κ1) is 13.2. The summed E-state index contributed by atoms with van der Waals surface area (Å²) in [6, 6.07) is 1.24. The third kappa shape index (κ3) is 2.31. The smallest absolute Gasteiger partial charge is 0.302 e. The number of hydrogen-bond acceptors (Lipinski definition) is 5. The second-order valence-corrected chi connectivity index (χ2v) is 3.51. The molecule has 0 amide bonds. The normalized spacial score (nSPS) is 9.88. The Balaban J connectivity index is 3.67. The van der Waals surface area contributed by atoms with E-state index in [4.69, 9.17) is 21.1 Å². The van der Waals surface area contributed by atoms with Crippen molar-refractivity contribution in [1.29, 1.82) is 0 Å². The van der Waals surface area contributed by atoms with E-state index in [0.717, 1.165) is 0 Å². The van der Waals surface area contributed by atoms with Gasteiger partial charge in [0.1, 0.15) is 5.56 Å². The number of carbonyl (C=O) groups is 1. The van der Waals surface area contributed by atoms with Gasteiger partial charge in [-0.25, -0.2) is 0 Å². The van der Waals surface area contributed by atoms with Crippen LogP contribution in [0.25, 0.3) is 0 Å². The molecular formula is C10H10ClNO5. The van der Waals surface area contributed by atoms with Crippen molar-refractivity contribution in [3.63, 3.8) is 0 Å². The van der Waals surface area contributed by atoms with Gasteiger partial charge in [0, 0.05) is 6.07 Å². The molecule has 0 aromatic heterocycles. The summed E-state index contributed by atoms with van der Waals surface area (Å²) in [6.07, 6.45) is 0. The Hall–Kier alpha value is -1.82. The average molecular weight is 260 g/mol. The van der Waals surface area contributed by atoms with Crippen LogP contribution in [0.3, 0.4) is 0 Å². The lowest BCUT2D eigenvalue weighted by Gasteiger charge is -2.11. The van der Waals surface area contributed by atoms with Gasteiger partial charge in [-0.1, -0.05) is 11.6 Å². The summed E-state index contributed by atoms with van der Waals surface area (Å²) in [5, 5.41) is 10.6. The van der Waals surface area contributed by atoms with Crippen molar-refractivity contribution in [2.45, 2.75) is 6.92 Å². The number of rotatable bonds is 4. The second kappa shape index (κ2) is 5.01. The standard InChI is InChI=1S/C10H10ClNO5/c1-5(13)6-4-7(16-2)10(17-3)8(11)9(6)12(14)15/h4H,1-3H3. The minimum atomic E-state index is -0.721. The van der Waals surface area contributed by atoms with Gasteiger partial charge in [0.2, 0.25) is 0 Å². The molecule has 0 aliphatic heterocycles. The molecule has 0 heterocycles. The lowest BCUT2D eigenvalue weighted by atomic mass is 10.1. The maximum absolute atomic E-state index is 11.3. The molecule has 6 nitrogen and oxygen atoms in total. The first-order valence-corrected chi connectivity index (χ1v) is 4.91. The minimum Gasteiger partial charge on any atom is -0.493 e. The minimum absolute atomic E-state index is 0.0332. The number of carbonyl (C=O) groups excluding carboxylic acids is 1. The number of hydrogen-bond donors (Lipinski definition) is 0. The molecule has 0 spiro atoms. The van der Waals surface area contributed by atoms with E-state index in [-0.39, 0.29) is 22.1 Å². The van der Waals surface area contributed by atoms with Crippen molar-refractivity contribution >= 4 is 23.1 Å². The highest BCUT2D eigenvalue weighted by Crippen LogP contribution is 2.43. The summed E-state index contributed by atoms with van der Waals surface area (Å²) in [7, 11) is 2.66. The lowest BCUT2D eigenvalue weighted by Crippen LogP contribution is -2.04. The number of Topliss-reactive ketones (excluding diaryl/α,β-unsaturated/α-hetero) is 1. The fraction of sp³-hybridized carbons (Fsp3) is 0.300. The summed E-state index contributed by atoms with van der Waals surface area (Å²) in [5.41, 5.74) is -0.588. The number of ketones is 1. The quantitative estimate of drug-likeness (QED) is 0.471. The fourth-order valence-electron chi connectivity index (χ4n) is 1.39. The van der Waals surface area contributed by atoms with Crippen LogP contribution in [0.5, 0.6) is 11.5 Å². The summed E-state index contributed by atoms with van der Waals surface area (Å²) in [4.78, 5) is 21.5. The van der Waals surface area contributed by atoms with Crippen molar-refractivity contribution in [2.24, 2.45) is 0 Å². The molecule has 1 aromatic carbocycles. The van der Waals surface area contributed by atoms with Crippen molar-refractivity contribution in [3.8, 4) is 11.5 Å². The Labute approximate surface area is 102 Å². The number of benzene rings is 1. The molecule has 1 aromatic rings. The van der Waals surface area contributed by atoms with Crippen molar-refractivity contribution < 1.29 is 19.2 Å². The second-order valence-electron chi connectivity index (χ2n) is 3.14. The number of nitro benzene ring substituents is 1. The molecule has 1 rings (SSSR count). The van der Waals surface area contributed by atoms with E-state index in [1.165, 1.54) is 27.2 Å². The average Bonchev–Trinajstić information content (AvgIpc) is 2.26. The van der Waals surface area contributed by atoms with Crippen LogP contribution in [0.15, 0.2) is 6.07 Å². The highest BCUT2D eigenvalue weighted by molar-refractivity contribution is 6.35. The first-order valence-electron chi connectivity index (χ1n) is 4.53. The molecule has 0 aliphatic carbocycles. The number of nitrogens with zero attached hydrogens (tertiary/aromatic N) is 1. The number of halogens is 1. The lowest BCUT2D eigenvalue weighted by molar-refractivity contribution is -0.385. The van der Waals surface area contributed by atoms with Crippen LogP contribution in [-0.2, 0) is 0 Å². The predicted molar refractivity (Wildman–Crippen MR) is 61.2 cm³/mol. The molecule has 17 heavy (non-hydrogen) atoms.